The van der Waals surface area contributed by atoms with Gasteiger partial charge in [-0.3, -0.25) is 0 Å². The summed E-state index contributed by atoms with van der Waals surface area (Å²) in [7, 11) is 0. The minimum absolute atomic E-state index is 0.0700. The van der Waals surface area contributed by atoms with E-state index in [0.29, 0.717) is 12.4 Å². The fraction of sp³-hybridized carbons (Fsp3) is 0.818. The van der Waals surface area contributed by atoms with Crippen LogP contribution in [0.4, 0.5) is 4.39 Å². The van der Waals surface area contributed by atoms with E-state index in [4.69, 9.17) is 4.74 Å². The van der Waals surface area contributed by atoms with Crippen molar-refractivity contribution in [1.29, 1.82) is 0 Å². The molecule has 1 saturated heterocycles. The van der Waals surface area contributed by atoms with Crippen LogP contribution in [0.5, 0.6) is 0 Å². The minimum Gasteiger partial charge on any atom is -0.495 e. The standard InChI is InChI=1S/C11H18FNO/c1-11(12,10-5-3-7-14-10)9-4-2-6-13-8-9/h5,9,13H,2-4,6-8H2,1H3. The van der Waals surface area contributed by atoms with Crippen LogP contribution in [0.2, 0.25) is 0 Å². The monoisotopic (exact) mass is 199 g/mol. The maximum absolute atomic E-state index is 14.4. The predicted octanol–water partition coefficient (Wildman–Crippen LogP) is 2.02. The van der Waals surface area contributed by atoms with E-state index in [0.717, 1.165) is 32.4 Å². The number of rotatable bonds is 2. The molecule has 3 heteroatoms. The van der Waals surface area contributed by atoms with Gasteiger partial charge in [0, 0.05) is 18.9 Å². The van der Waals surface area contributed by atoms with Crippen LogP contribution >= 0.6 is 0 Å². The van der Waals surface area contributed by atoms with Gasteiger partial charge in [-0.2, -0.15) is 0 Å². The van der Waals surface area contributed by atoms with Gasteiger partial charge < -0.3 is 10.1 Å². The molecule has 80 valence electrons. The summed E-state index contributed by atoms with van der Waals surface area (Å²) in [5.41, 5.74) is -1.27. The highest BCUT2D eigenvalue weighted by Gasteiger charge is 2.40. The lowest BCUT2D eigenvalue weighted by Crippen LogP contribution is -2.42. The molecule has 0 aromatic heterocycles. The number of nitrogens with one attached hydrogen (secondary N) is 1. The Morgan fingerprint density at radius 1 is 1.64 bits per heavy atom. The molecule has 1 N–H and O–H groups in total. The first-order chi connectivity index (χ1) is 6.71. The van der Waals surface area contributed by atoms with Gasteiger partial charge in [0.25, 0.3) is 0 Å². The van der Waals surface area contributed by atoms with Crippen molar-refractivity contribution in [2.45, 2.75) is 31.9 Å². The Bertz CT molecular complexity index is 231. The molecule has 0 bridgehead atoms. The molecule has 0 aromatic carbocycles. The molecule has 0 saturated carbocycles. The molecular weight excluding hydrogens is 181 g/mol. The molecular formula is C11H18FNO. The molecule has 0 amide bonds. The zero-order valence-corrected chi connectivity index (χ0v) is 8.68. The van der Waals surface area contributed by atoms with Crippen LogP contribution in [-0.4, -0.2) is 25.4 Å². The van der Waals surface area contributed by atoms with Gasteiger partial charge in [-0.25, -0.2) is 4.39 Å². The summed E-state index contributed by atoms with van der Waals surface area (Å²) in [6, 6.07) is 0. The Labute approximate surface area is 84.5 Å². The van der Waals surface area contributed by atoms with Gasteiger partial charge in [-0.05, 0) is 32.4 Å². The third-order valence-corrected chi connectivity index (χ3v) is 3.25. The van der Waals surface area contributed by atoms with Crippen molar-refractivity contribution in [1.82, 2.24) is 5.32 Å². The minimum atomic E-state index is -1.27. The topological polar surface area (TPSA) is 21.3 Å². The number of hydrogen-bond donors (Lipinski definition) is 1. The van der Waals surface area contributed by atoms with Crippen LogP contribution in [0.1, 0.15) is 26.2 Å². The van der Waals surface area contributed by atoms with Gasteiger partial charge in [0.05, 0.1) is 6.61 Å². The molecule has 0 aliphatic carbocycles. The van der Waals surface area contributed by atoms with Crippen molar-refractivity contribution in [2.24, 2.45) is 5.92 Å². The average Bonchev–Trinajstić information content (AvgIpc) is 2.72. The Balaban J connectivity index is 2.05. The number of piperidine rings is 1. The number of ether oxygens (including phenoxy) is 1. The van der Waals surface area contributed by atoms with E-state index in [1.54, 1.807) is 6.92 Å². The zero-order chi connectivity index (χ0) is 10.0. The van der Waals surface area contributed by atoms with E-state index in [9.17, 15) is 4.39 Å². The first-order valence-corrected chi connectivity index (χ1v) is 5.44. The summed E-state index contributed by atoms with van der Waals surface area (Å²) in [5.74, 6) is 0.631. The van der Waals surface area contributed by atoms with E-state index in [1.165, 1.54) is 0 Å². The van der Waals surface area contributed by atoms with Crippen LogP contribution in [0.15, 0.2) is 11.8 Å². The largest absolute Gasteiger partial charge is 0.495 e. The molecule has 2 atom stereocenters. The first kappa shape index (κ1) is 9.97. The second-order valence-corrected chi connectivity index (χ2v) is 4.32. The van der Waals surface area contributed by atoms with Crippen molar-refractivity contribution in [3.63, 3.8) is 0 Å². The average molecular weight is 199 g/mol. The van der Waals surface area contributed by atoms with Crippen molar-refractivity contribution < 1.29 is 9.13 Å². The third-order valence-electron chi connectivity index (χ3n) is 3.25. The molecule has 2 rings (SSSR count). The smallest absolute Gasteiger partial charge is 0.168 e. The maximum Gasteiger partial charge on any atom is 0.168 e. The third kappa shape index (κ3) is 1.78. The van der Waals surface area contributed by atoms with Crippen LogP contribution in [0.25, 0.3) is 0 Å². The highest BCUT2D eigenvalue weighted by Crippen LogP contribution is 2.36. The first-order valence-electron chi connectivity index (χ1n) is 5.44. The lowest BCUT2D eigenvalue weighted by atomic mass is 9.83. The van der Waals surface area contributed by atoms with Gasteiger partial charge in [0.1, 0.15) is 5.76 Å². The van der Waals surface area contributed by atoms with Gasteiger partial charge in [-0.15, -0.1) is 0 Å². The second kappa shape index (κ2) is 3.89. The summed E-state index contributed by atoms with van der Waals surface area (Å²) in [6.07, 6.45) is 4.78. The Morgan fingerprint density at radius 2 is 2.50 bits per heavy atom. The summed E-state index contributed by atoms with van der Waals surface area (Å²) in [5, 5.41) is 3.24. The van der Waals surface area contributed by atoms with Crippen molar-refractivity contribution >= 4 is 0 Å². The number of halogens is 1. The van der Waals surface area contributed by atoms with E-state index in [-0.39, 0.29) is 5.92 Å². The van der Waals surface area contributed by atoms with Gasteiger partial charge >= 0.3 is 0 Å². The van der Waals surface area contributed by atoms with E-state index in [1.807, 2.05) is 6.08 Å². The molecule has 14 heavy (non-hydrogen) atoms. The zero-order valence-electron chi connectivity index (χ0n) is 8.68. The van der Waals surface area contributed by atoms with Crippen molar-refractivity contribution in [2.75, 3.05) is 19.7 Å². The number of allylic oxidation sites excluding steroid dienone is 1. The number of hydrogen-bond acceptors (Lipinski definition) is 2. The Hall–Kier alpha value is -0.570. The number of alkyl halides is 1. The lowest BCUT2D eigenvalue weighted by molar-refractivity contribution is 0.0529. The molecule has 2 aliphatic heterocycles. The highest BCUT2D eigenvalue weighted by molar-refractivity contribution is 5.14. The quantitative estimate of drug-likeness (QED) is 0.734. The van der Waals surface area contributed by atoms with Crippen LogP contribution in [0, 0.1) is 5.92 Å². The molecule has 2 heterocycles. The van der Waals surface area contributed by atoms with E-state index >= 15 is 0 Å². The van der Waals surface area contributed by atoms with Crippen LogP contribution in [0.3, 0.4) is 0 Å². The molecule has 2 nitrogen and oxygen atoms in total. The molecule has 0 aromatic rings. The molecule has 2 aliphatic rings. The SMILES string of the molecule is CC(F)(C1=CCCO1)C1CCCNC1. The highest BCUT2D eigenvalue weighted by atomic mass is 19.1. The van der Waals surface area contributed by atoms with E-state index < -0.39 is 5.67 Å². The van der Waals surface area contributed by atoms with Crippen molar-refractivity contribution in [3.05, 3.63) is 11.8 Å². The van der Waals surface area contributed by atoms with Crippen LogP contribution < -0.4 is 5.32 Å². The summed E-state index contributed by atoms with van der Waals surface area (Å²) >= 11 is 0. The van der Waals surface area contributed by atoms with Gasteiger partial charge in [0.15, 0.2) is 5.67 Å². The molecule has 2 unspecified atom stereocenters. The fourth-order valence-electron chi connectivity index (χ4n) is 2.27. The van der Waals surface area contributed by atoms with Gasteiger partial charge in [-0.1, -0.05) is 0 Å². The Morgan fingerprint density at radius 3 is 3.07 bits per heavy atom. The summed E-state index contributed by atoms with van der Waals surface area (Å²) in [6.45, 7) is 4.09. The second-order valence-electron chi connectivity index (χ2n) is 4.32. The predicted molar refractivity (Wildman–Crippen MR) is 53.8 cm³/mol. The summed E-state index contributed by atoms with van der Waals surface area (Å²) < 4.78 is 19.8. The Kier molecular flexibility index (Phi) is 2.77. The summed E-state index contributed by atoms with van der Waals surface area (Å²) in [4.78, 5) is 0. The van der Waals surface area contributed by atoms with Crippen molar-refractivity contribution in [3.8, 4) is 0 Å². The normalized spacial score (nSPS) is 31.9. The maximum atomic E-state index is 14.4. The van der Waals surface area contributed by atoms with Gasteiger partial charge in [0.2, 0.25) is 0 Å². The van der Waals surface area contributed by atoms with Crippen LogP contribution in [-0.2, 0) is 4.74 Å². The molecule has 0 radical (unpaired) electrons. The van der Waals surface area contributed by atoms with E-state index in [2.05, 4.69) is 5.32 Å². The molecule has 1 fully saturated rings. The molecule has 0 spiro atoms. The lowest BCUT2D eigenvalue weighted by Gasteiger charge is -2.34. The fourth-order valence-corrected chi connectivity index (χ4v) is 2.27.